The average Bonchev–Trinajstić information content (AvgIpc) is 3.23. The zero-order valence-electron chi connectivity index (χ0n) is 17.4. The van der Waals surface area contributed by atoms with Crippen molar-refractivity contribution in [2.24, 2.45) is 0 Å². The second-order valence-electron chi connectivity index (χ2n) is 7.88. The summed E-state index contributed by atoms with van der Waals surface area (Å²) in [6.45, 7) is 5.18. The molecule has 5 rings (SSSR count). The highest BCUT2D eigenvalue weighted by Crippen LogP contribution is 2.28. The van der Waals surface area contributed by atoms with Gasteiger partial charge in [-0.05, 0) is 46.0 Å². The standard InChI is InChI=1S/C23H24N6O2/c1-16-7-8-18-14-19(23(30)24-20(18)13-16)21(28-9-11-31-12-10-28)22-25-26-27-29(22)15-17-5-3-2-4-6-17/h2-8,13-14,21H,9-12,15H2,1H3,(H,24,30)/t21-/m1/s1. The largest absolute Gasteiger partial charge is 0.379 e. The quantitative estimate of drug-likeness (QED) is 0.537. The number of aromatic nitrogens is 5. The maximum absolute atomic E-state index is 13.2. The lowest BCUT2D eigenvalue weighted by molar-refractivity contribution is 0.0214. The molecule has 4 aromatic rings. The summed E-state index contributed by atoms with van der Waals surface area (Å²) in [6, 6.07) is 17.7. The van der Waals surface area contributed by atoms with Crippen LogP contribution in [0.5, 0.6) is 0 Å². The van der Waals surface area contributed by atoms with Crippen LogP contribution < -0.4 is 5.56 Å². The van der Waals surface area contributed by atoms with Gasteiger partial charge in [-0.1, -0.05) is 42.5 Å². The highest BCUT2D eigenvalue weighted by Gasteiger charge is 2.31. The molecule has 158 valence electrons. The van der Waals surface area contributed by atoms with Gasteiger partial charge in [0.1, 0.15) is 6.04 Å². The van der Waals surface area contributed by atoms with Crippen molar-refractivity contribution in [2.75, 3.05) is 26.3 Å². The Morgan fingerprint density at radius 3 is 2.71 bits per heavy atom. The van der Waals surface area contributed by atoms with E-state index in [0.717, 1.165) is 22.0 Å². The molecule has 0 radical (unpaired) electrons. The number of aromatic amines is 1. The summed E-state index contributed by atoms with van der Waals surface area (Å²) >= 11 is 0. The van der Waals surface area contributed by atoms with Crippen molar-refractivity contribution < 1.29 is 4.74 Å². The number of rotatable bonds is 5. The molecule has 31 heavy (non-hydrogen) atoms. The topological polar surface area (TPSA) is 88.9 Å². The first-order valence-corrected chi connectivity index (χ1v) is 10.4. The summed E-state index contributed by atoms with van der Waals surface area (Å²) < 4.78 is 7.34. The van der Waals surface area contributed by atoms with Crippen molar-refractivity contribution in [1.82, 2.24) is 30.1 Å². The summed E-state index contributed by atoms with van der Waals surface area (Å²) in [6.07, 6.45) is 0. The first-order chi connectivity index (χ1) is 15.2. The van der Waals surface area contributed by atoms with E-state index in [1.165, 1.54) is 0 Å². The van der Waals surface area contributed by atoms with Crippen LogP contribution >= 0.6 is 0 Å². The number of H-pyrrole nitrogens is 1. The molecular weight excluding hydrogens is 392 g/mol. The van der Waals surface area contributed by atoms with Crippen molar-refractivity contribution in [3.05, 3.63) is 87.5 Å². The van der Waals surface area contributed by atoms with E-state index in [0.29, 0.717) is 44.2 Å². The van der Waals surface area contributed by atoms with Gasteiger partial charge in [0.25, 0.3) is 5.56 Å². The number of hydrogen-bond donors (Lipinski definition) is 1. The average molecular weight is 416 g/mol. The monoisotopic (exact) mass is 416 g/mol. The van der Waals surface area contributed by atoms with Crippen LogP contribution in [0.15, 0.2) is 59.4 Å². The highest BCUT2D eigenvalue weighted by atomic mass is 16.5. The van der Waals surface area contributed by atoms with E-state index in [4.69, 9.17) is 4.74 Å². The molecule has 1 aliphatic rings. The summed E-state index contributed by atoms with van der Waals surface area (Å²) in [5.41, 5.74) is 3.55. The lowest BCUT2D eigenvalue weighted by Gasteiger charge is -2.33. The maximum Gasteiger partial charge on any atom is 0.253 e. The van der Waals surface area contributed by atoms with Gasteiger partial charge in [0.2, 0.25) is 0 Å². The predicted octanol–water partition coefficient (Wildman–Crippen LogP) is 2.29. The van der Waals surface area contributed by atoms with Crippen molar-refractivity contribution in [3.8, 4) is 0 Å². The number of tetrazole rings is 1. The third-order valence-corrected chi connectivity index (χ3v) is 5.71. The Hall–Kier alpha value is -3.36. The number of nitrogens with zero attached hydrogens (tertiary/aromatic N) is 5. The third-order valence-electron chi connectivity index (χ3n) is 5.71. The third kappa shape index (κ3) is 3.99. The van der Waals surface area contributed by atoms with Gasteiger partial charge in [-0.25, -0.2) is 4.68 Å². The van der Waals surface area contributed by atoms with Crippen LogP contribution in [-0.2, 0) is 11.3 Å². The first kappa shape index (κ1) is 19.6. The van der Waals surface area contributed by atoms with E-state index in [2.05, 4.69) is 25.4 Å². The second-order valence-corrected chi connectivity index (χ2v) is 7.88. The molecule has 8 nitrogen and oxygen atoms in total. The molecule has 2 aromatic carbocycles. The number of nitrogens with one attached hydrogen (secondary N) is 1. The molecule has 1 N–H and O–H groups in total. The fourth-order valence-corrected chi connectivity index (χ4v) is 4.15. The zero-order chi connectivity index (χ0) is 21.2. The molecule has 1 saturated heterocycles. The van der Waals surface area contributed by atoms with E-state index in [9.17, 15) is 4.79 Å². The Balaban J connectivity index is 1.62. The number of hydrogen-bond acceptors (Lipinski definition) is 6. The molecule has 1 aliphatic heterocycles. The van der Waals surface area contributed by atoms with Crippen LogP contribution in [0.2, 0.25) is 0 Å². The molecule has 0 spiro atoms. The fourth-order valence-electron chi connectivity index (χ4n) is 4.15. The SMILES string of the molecule is Cc1ccc2cc([C@H](c3nnnn3Cc3ccccc3)N3CCOCC3)c(=O)[nH]c2c1. The summed E-state index contributed by atoms with van der Waals surface area (Å²) in [4.78, 5) is 18.5. The number of morpholine rings is 1. The minimum absolute atomic E-state index is 0.121. The van der Waals surface area contributed by atoms with Crippen LogP contribution in [-0.4, -0.2) is 56.4 Å². The molecule has 1 fully saturated rings. The second kappa shape index (κ2) is 8.41. The molecule has 0 bridgehead atoms. The molecule has 0 aliphatic carbocycles. The molecule has 3 heterocycles. The Morgan fingerprint density at radius 1 is 1.10 bits per heavy atom. The number of aryl methyl sites for hydroxylation is 1. The van der Waals surface area contributed by atoms with Crippen LogP contribution in [0.3, 0.4) is 0 Å². The predicted molar refractivity (Wildman–Crippen MR) is 117 cm³/mol. The van der Waals surface area contributed by atoms with E-state index in [-0.39, 0.29) is 11.6 Å². The number of fused-ring (bicyclic) bond motifs is 1. The van der Waals surface area contributed by atoms with E-state index in [1.807, 2.05) is 61.5 Å². The Labute approximate surface area is 179 Å². The Kier molecular flexibility index (Phi) is 5.31. The normalized spacial score (nSPS) is 15.9. The van der Waals surface area contributed by atoms with Crippen LogP contribution in [0.1, 0.15) is 28.6 Å². The van der Waals surface area contributed by atoms with Gasteiger partial charge in [0, 0.05) is 24.2 Å². The van der Waals surface area contributed by atoms with Crippen molar-refractivity contribution in [3.63, 3.8) is 0 Å². The molecule has 0 unspecified atom stereocenters. The molecule has 0 saturated carbocycles. The van der Waals surface area contributed by atoms with Crippen molar-refractivity contribution >= 4 is 10.9 Å². The molecule has 8 heteroatoms. The molecule has 1 atom stereocenters. The van der Waals surface area contributed by atoms with Crippen molar-refractivity contribution in [1.29, 1.82) is 0 Å². The van der Waals surface area contributed by atoms with Gasteiger partial charge in [-0.15, -0.1) is 5.10 Å². The lowest BCUT2D eigenvalue weighted by Crippen LogP contribution is -2.42. The summed E-state index contributed by atoms with van der Waals surface area (Å²) in [7, 11) is 0. The number of pyridine rings is 1. The molecule has 0 amide bonds. The first-order valence-electron chi connectivity index (χ1n) is 10.4. The Morgan fingerprint density at radius 2 is 1.90 bits per heavy atom. The van der Waals surface area contributed by atoms with Crippen molar-refractivity contribution in [2.45, 2.75) is 19.5 Å². The molecule has 2 aromatic heterocycles. The van der Waals surface area contributed by atoms with Crippen LogP contribution in [0, 0.1) is 6.92 Å². The highest BCUT2D eigenvalue weighted by molar-refractivity contribution is 5.79. The lowest BCUT2D eigenvalue weighted by atomic mass is 10.0. The van der Waals surface area contributed by atoms with E-state index >= 15 is 0 Å². The number of ether oxygens (including phenoxy) is 1. The van der Waals surface area contributed by atoms with Gasteiger partial charge >= 0.3 is 0 Å². The van der Waals surface area contributed by atoms with Gasteiger partial charge in [-0.2, -0.15) is 0 Å². The van der Waals surface area contributed by atoms with Gasteiger partial charge in [0.15, 0.2) is 5.82 Å². The molecular formula is C23H24N6O2. The van der Waals surface area contributed by atoms with Gasteiger partial charge in [-0.3, -0.25) is 9.69 Å². The minimum Gasteiger partial charge on any atom is -0.379 e. The number of benzene rings is 2. The summed E-state index contributed by atoms with van der Waals surface area (Å²) in [5.74, 6) is 0.655. The van der Waals surface area contributed by atoms with Crippen LogP contribution in [0.4, 0.5) is 0 Å². The zero-order valence-corrected chi connectivity index (χ0v) is 17.4. The van der Waals surface area contributed by atoms with Crippen LogP contribution in [0.25, 0.3) is 10.9 Å². The minimum atomic E-state index is -0.364. The summed E-state index contributed by atoms with van der Waals surface area (Å²) in [5, 5.41) is 13.6. The van der Waals surface area contributed by atoms with E-state index < -0.39 is 0 Å². The maximum atomic E-state index is 13.2. The van der Waals surface area contributed by atoms with Gasteiger partial charge in [0.05, 0.1) is 19.8 Å². The van der Waals surface area contributed by atoms with Gasteiger partial charge < -0.3 is 9.72 Å². The smallest absolute Gasteiger partial charge is 0.253 e. The van der Waals surface area contributed by atoms with E-state index in [1.54, 1.807) is 4.68 Å². The Bertz CT molecular complexity index is 1240. The fraction of sp³-hybridized carbons (Fsp3) is 0.304.